The normalized spacial score (nSPS) is 11.8. The second-order valence-electron chi connectivity index (χ2n) is 13.9. The Bertz CT molecular complexity index is 1820. The number of aromatic nitrogens is 1. The van der Waals surface area contributed by atoms with Crippen LogP contribution in [0.5, 0.6) is 0 Å². The topological polar surface area (TPSA) is 50.2 Å². The fourth-order valence-electron chi connectivity index (χ4n) is 6.30. The molecule has 4 aromatic carbocycles. The number of aliphatic hydroxyl groups is 1. The van der Waals surface area contributed by atoms with E-state index in [1.54, 1.807) is 0 Å². The number of aliphatic hydroxyl groups excluding tert-OH is 1. The van der Waals surface area contributed by atoms with Gasteiger partial charge in [-0.15, -0.1) is 29.8 Å². The fraction of sp³-hybridized carbons (Fsp3) is 0.364. The average Bonchev–Trinajstić information content (AvgIpc) is 3.06. The first kappa shape index (κ1) is 38.9. The molecular weight excluding hydrogens is 767 g/mol. The minimum Gasteiger partial charge on any atom is -0.512 e. The zero-order valence-electron chi connectivity index (χ0n) is 30.0. The van der Waals surface area contributed by atoms with E-state index in [2.05, 4.69) is 113 Å². The monoisotopic (exact) mass is 819 g/mol. The van der Waals surface area contributed by atoms with Crippen LogP contribution in [0.15, 0.2) is 96.9 Å². The molecular formula is C44H52IrNO2-. The van der Waals surface area contributed by atoms with Crippen LogP contribution in [0.2, 0.25) is 0 Å². The number of aryl methyl sites for hydroxylation is 1. The second-order valence-corrected chi connectivity index (χ2v) is 13.9. The number of fused-ring (bicyclic) bond motifs is 3. The van der Waals surface area contributed by atoms with E-state index in [1.807, 2.05) is 33.9 Å². The van der Waals surface area contributed by atoms with Crippen molar-refractivity contribution >= 4 is 27.3 Å². The third-order valence-corrected chi connectivity index (χ3v) is 9.19. The first-order valence-corrected chi connectivity index (χ1v) is 17.3. The summed E-state index contributed by atoms with van der Waals surface area (Å²) >= 11 is 0. The number of benzene rings is 4. The largest absolute Gasteiger partial charge is 0.512 e. The third kappa shape index (κ3) is 9.74. The van der Waals surface area contributed by atoms with Gasteiger partial charge in [0.2, 0.25) is 0 Å². The molecule has 0 bridgehead atoms. The van der Waals surface area contributed by atoms with E-state index in [9.17, 15) is 9.90 Å². The van der Waals surface area contributed by atoms with E-state index in [0.717, 1.165) is 43.4 Å². The van der Waals surface area contributed by atoms with E-state index in [4.69, 9.17) is 4.98 Å². The molecule has 0 fully saturated rings. The predicted octanol–water partition coefficient (Wildman–Crippen LogP) is 12.3. The van der Waals surface area contributed by atoms with E-state index >= 15 is 0 Å². The van der Waals surface area contributed by atoms with Crippen LogP contribution in [-0.2, 0) is 31.3 Å². The van der Waals surface area contributed by atoms with Gasteiger partial charge in [0.15, 0.2) is 5.78 Å². The molecule has 0 aliphatic heterocycles. The van der Waals surface area contributed by atoms with E-state index in [-0.39, 0.29) is 48.9 Å². The van der Waals surface area contributed by atoms with E-state index in [1.165, 1.54) is 49.9 Å². The van der Waals surface area contributed by atoms with E-state index < -0.39 is 0 Å². The Morgan fingerprint density at radius 1 is 0.833 bits per heavy atom. The van der Waals surface area contributed by atoms with Gasteiger partial charge in [-0.3, -0.25) is 4.79 Å². The summed E-state index contributed by atoms with van der Waals surface area (Å²) in [6, 6.07) is 31.8. The predicted molar refractivity (Wildman–Crippen MR) is 201 cm³/mol. The van der Waals surface area contributed by atoms with Gasteiger partial charge < -0.3 is 10.1 Å². The number of hydrogen-bond acceptors (Lipinski definition) is 3. The first-order valence-electron chi connectivity index (χ1n) is 17.3. The van der Waals surface area contributed by atoms with Crippen molar-refractivity contribution in [1.82, 2.24) is 4.98 Å². The number of carbonyl (C=O) groups excluding carboxylic acids is 1. The number of carbonyl (C=O) groups is 1. The average molecular weight is 819 g/mol. The number of ketones is 1. The van der Waals surface area contributed by atoms with Crippen LogP contribution < -0.4 is 0 Å². The van der Waals surface area contributed by atoms with E-state index in [0.29, 0.717) is 0 Å². The standard InChI is InChI=1S/C31H28N.C13H24O2.Ir/c1-21-20-32-30(18-25(21)19-31(2,3)4)23-15-13-22(14-16-23)29-17-24-9-5-6-10-26(24)27-11-7-8-12-28(27)29;1-5-10(6-2)12(14)9-13(15)11(7-3)8-4;/h5-15,17-18,20H,19H2,1-4H3;9-11,14H,5-8H2,1-4H3;/q-1;;/b;12-9-;. The van der Waals surface area contributed by atoms with Crippen LogP contribution in [0.4, 0.5) is 0 Å². The van der Waals surface area contributed by atoms with Gasteiger partial charge in [-0.2, -0.15) is 0 Å². The number of allylic oxidation sites excluding steroid dienone is 2. The zero-order valence-corrected chi connectivity index (χ0v) is 32.4. The molecule has 1 radical (unpaired) electrons. The molecule has 5 rings (SSSR count). The van der Waals surface area contributed by atoms with Crippen molar-refractivity contribution in [3.63, 3.8) is 0 Å². The summed E-state index contributed by atoms with van der Waals surface area (Å²) in [5.74, 6) is 0.547. The van der Waals surface area contributed by atoms with Crippen LogP contribution >= 0.6 is 0 Å². The van der Waals surface area contributed by atoms with Crippen LogP contribution in [0, 0.1) is 30.2 Å². The maximum atomic E-state index is 11.7. The first-order chi connectivity index (χ1) is 22.5. The molecule has 1 N–H and O–H groups in total. The molecule has 0 spiro atoms. The number of nitrogens with zero attached hydrogens (tertiary/aromatic N) is 1. The molecule has 0 saturated heterocycles. The van der Waals surface area contributed by atoms with Gasteiger partial charge in [0, 0.05) is 44.2 Å². The van der Waals surface area contributed by atoms with Crippen LogP contribution in [-0.4, -0.2) is 15.9 Å². The fourth-order valence-corrected chi connectivity index (χ4v) is 6.30. The summed E-state index contributed by atoms with van der Waals surface area (Å²) in [6.45, 7) is 17.1. The molecule has 0 unspecified atom stereocenters. The molecule has 5 aromatic rings. The SMILES string of the molecule is CCC(CC)C(=O)/C=C(\O)C(CC)CC.Cc1cnc(-c2[c-]cc(-c3cc4ccccc4c4ccccc34)cc2)cc1CC(C)(C)C.[Ir]. The Balaban J connectivity index is 0.000000334. The minimum atomic E-state index is 0. The summed E-state index contributed by atoms with van der Waals surface area (Å²) < 4.78 is 0. The quantitative estimate of drug-likeness (QED) is 0.0661. The molecule has 255 valence electrons. The molecule has 48 heavy (non-hydrogen) atoms. The molecule has 0 saturated carbocycles. The molecule has 1 heterocycles. The van der Waals surface area contributed by atoms with Crippen LogP contribution in [0.3, 0.4) is 0 Å². The Kier molecular flexibility index (Phi) is 14.3. The molecule has 0 aliphatic carbocycles. The van der Waals surface area contributed by atoms with Gasteiger partial charge in [-0.05, 0) is 77.2 Å². The second kappa shape index (κ2) is 17.7. The summed E-state index contributed by atoms with van der Waals surface area (Å²) in [7, 11) is 0. The Labute approximate surface area is 302 Å². The smallest absolute Gasteiger partial charge is 0.162 e. The van der Waals surface area contributed by atoms with Crippen molar-refractivity contribution < 1.29 is 30.0 Å². The van der Waals surface area contributed by atoms with Crippen LogP contribution in [0.25, 0.3) is 43.9 Å². The van der Waals surface area contributed by atoms with Crippen molar-refractivity contribution in [2.75, 3.05) is 0 Å². The molecule has 1 aromatic heterocycles. The summed E-state index contributed by atoms with van der Waals surface area (Å²) in [5.41, 5.74) is 7.31. The van der Waals surface area contributed by atoms with Crippen molar-refractivity contribution in [3.8, 4) is 22.4 Å². The van der Waals surface area contributed by atoms with Crippen molar-refractivity contribution in [1.29, 1.82) is 0 Å². The molecule has 0 amide bonds. The number of pyridine rings is 1. The summed E-state index contributed by atoms with van der Waals surface area (Å²) in [5, 5.41) is 14.9. The summed E-state index contributed by atoms with van der Waals surface area (Å²) in [6.07, 6.45) is 7.94. The molecule has 0 atom stereocenters. The molecule has 3 nitrogen and oxygen atoms in total. The van der Waals surface area contributed by atoms with Gasteiger partial charge in [-0.1, -0.05) is 126 Å². The molecule has 4 heteroatoms. The maximum absolute atomic E-state index is 11.7. The number of rotatable bonds is 10. The Morgan fingerprint density at radius 3 is 2.02 bits per heavy atom. The van der Waals surface area contributed by atoms with Crippen molar-refractivity contribution in [2.45, 2.75) is 87.5 Å². The molecule has 0 aliphatic rings. The van der Waals surface area contributed by atoms with Gasteiger partial charge in [0.25, 0.3) is 0 Å². The Morgan fingerprint density at radius 2 is 1.44 bits per heavy atom. The summed E-state index contributed by atoms with van der Waals surface area (Å²) in [4.78, 5) is 16.4. The van der Waals surface area contributed by atoms with Crippen molar-refractivity contribution in [2.24, 2.45) is 17.3 Å². The zero-order chi connectivity index (χ0) is 34.1. The minimum absolute atomic E-state index is 0. The maximum Gasteiger partial charge on any atom is 0.162 e. The van der Waals surface area contributed by atoms with Gasteiger partial charge in [0.1, 0.15) is 0 Å². The number of hydrogen-bond donors (Lipinski definition) is 1. The van der Waals surface area contributed by atoms with Gasteiger partial charge >= 0.3 is 0 Å². The third-order valence-electron chi connectivity index (χ3n) is 9.19. The van der Waals surface area contributed by atoms with Crippen molar-refractivity contribution in [3.05, 3.63) is 114 Å². The Hall–Kier alpha value is -3.59. The van der Waals surface area contributed by atoms with Gasteiger partial charge in [-0.25, -0.2) is 0 Å². The van der Waals surface area contributed by atoms with Crippen LogP contribution in [0.1, 0.15) is 85.3 Å². The van der Waals surface area contributed by atoms with Gasteiger partial charge in [0.05, 0.1) is 5.76 Å².